The van der Waals surface area contributed by atoms with Gasteiger partial charge in [0.1, 0.15) is 0 Å². The third-order valence-electron chi connectivity index (χ3n) is 3.57. The van der Waals surface area contributed by atoms with Gasteiger partial charge in [0.25, 0.3) is 0 Å². The number of hydrogen-bond donors (Lipinski definition) is 0. The summed E-state index contributed by atoms with van der Waals surface area (Å²) in [4.78, 5) is 40.4. The van der Waals surface area contributed by atoms with Crippen LogP contribution in [-0.4, -0.2) is 43.0 Å². The highest BCUT2D eigenvalue weighted by Crippen LogP contribution is 2.26. The lowest BCUT2D eigenvalue weighted by molar-refractivity contribution is -0.146. The minimum Gasteiger partial charge on any atom is -0.466 e. The van der Waals surface area contributed by atoms with E-state index in [2.05, 4.69) is 9.89 Å². The van der Waals surface area contributed by atoms with Crippen LogP contribution in [0.4, 0.5) is 0 Å². The van der Waals surface area contributed by atoms with E-state index in [0.717, 1.165) is 0 Å². The number of hydrogen-bond acceptors (Lipinski definition) is 7. The summed E-state index contributed by atoms with van der Waals surface area (Å²) in [5, 5.41) is 3.43. The summed E-state index contributed by atoms with van der Waals surface area (Å²) in [6.07, 6.45) is -0.774. The lowest BCUT2D eigenvalue weighted by Gasteiger charge is -2.19. The molecule has 146 valence electrons. The Labute approximate surface area is 166 Å². The monoisotopic (exact) mass is 403 g/mol. The van der Waals surface area contributed by atoms with E-state index in [4.69, 9.17) is 21.2 Å². The summed E-state index contributed by atoms with van der Waals surface area (Å²) >= 11 is 5.54. The van der Waals surface area contributed by atoms with Crippen LogP contribution in [0.1, 0.15) is 17.2 Å². The van der Waals surface area contributed by atoms with Crippen molar-refractivity contribution in [3.63, 3.8) is 0 Å². The van der Waals surface area contributed by atoms with E-state index in [1.807, 2.05) is 12.1 Å². The molecular formula is C20H18ClNO6. The van der Waals surface area contributed by atoms with Gasteiger partial charge in [0.05, 0.1) is 13.0 Å². The van der Waals surface area contributed by atoms with Crippen LogP contribution in [0.3, 0.4) is 0 Å². The fraction of sp³-hybridized carbons (Fsp3) is 0.200. The van der Waals surface area contributed by atoms with E-state index in [9.17, 15) is 14.4 Å². The number of carbonyl (C=O) groups excluding carboxylic acids is 3. The maximum atomic E-state index is 12.6. The molecule has 0 amide bonds. The SMILES string of the molecule is COC(=O)CO/N=C(/C(=O)CCl)C(=O)OC(c1ccccc1)c1ccccc1. The molecule has 2 aromatic rings. The molecule has 0 saturated heterocycles. The minimum atomic E-state index is -1.02. The normalized spacial score (nSPS) is 11.0. The zero-order valence-electron chi connectivity index (χ0n) is 15.0. The van der Waals surface area contributed by atoms with E-state index >= 15 is 0 Å². The summed E-state index contributed by atoms with van der Waals surface area (Å²) in [5.74, 6) is -3.04. The van der Waals surface area contributed by atoms with Gasteiger partial charge < -0.3 is 14.3 Å². The van der Waals surface area contributed by atoms with Crippen LogP contribution in [0.25, 0.3) is 0 Å². The number of carbonyl (C=O) groups is 3. The van der Waals surface area contributed by atoms with E-state index < -0.39 is 42.0 Å². The number of methoxy groups -OCH3 is 1. The zero-order valence-corrected chi connectivity index (χ0v) is 15.8. The number of halogens is 1. The van der Waals surface area contributed by atoms with Crippen LogP contribution < -0.4 is 0 Å². The highest BCUT2D eigenvalue weighted by Gasteiger charge is 2.27. The Kier molecular flexibility index (Phi) is 8.17. The number of ketones is 1. The molecule has 0 unspecified atom stereocenters. The van der Waals surface area contributed by atoms with Crippen molar-refractivity contribution in [1.82, 2.24) is 0 Å². The molecule has 0 saturated carbocycles. The lowest BCUT2D eigenvalue weighted by atomic mass is 10.0. The molecule has 2 rings (SSSR count). The largest absolute Gasteiger partial charge is 0.466 e. The molecule has 0 N–H and O–H groups in total. The number of nitrogens with zero attached hydrogens (tertiary/aromatic N) is 1. The van der Waals surface area contributed by atoms with Gasteiger partial charge >= 0.3 is 11.9 Å². The van der Waals surface area contributed by atoms with E-state index in [0.29, 0.717) is 11.1 Å². The Morgan fingerprint density at radius 2 is 1.50 bits per heavy atom. The molecular weight excluding hydrogens is 386 g/mol. The topological polar surface area (TPSA) is 91.3 Å². The first-order valence-electron chi connectivity index (χ1n) is 8.23. The van der Waals surface area contributed by atoms with Gasteiger partial charge in [-0.25, -0.2) is 9.59 Å². The van der Waals surface area contributed by atoms with Crippen LogP contribution in [-0.2, 0) is 28.7 Å². The first-order chi connectivity index (χ1) is 13.6. The molecule has 0 fully saturated rings. The average molecular weight is 404 g/mol. The van der Waals surface area contributed by atoms with Gasteiger partial charge in [-0.15, -0.1) is 11.6 Å². The predicted molar refractivity (Wildman–Crippen MR) is 102 cm³/mol. The van der Waals surface area contributed by atoms with Crippen LogP contribution in [0.2, 0.25) is 0 Å². The smallest absolute Gasteiger partial charge is 0.365 e. The molecule has 28 heavy (non-hydrogen) atoms. The number of rotatable bonds is 9. The molecule has 0 bridgehead atoms. The second-order valence-electron chi connectivity index (χ2n) is 5.45. The fourth-order valence-electron chi connectivity index (χ4n) is 2.22. The van der Waals surface area contributed by atoms with Gasteiger partial charge in [-0.2, -0.15) is 0 Å². The molecule has 7 nitrogen and oxygen atoms in total. The second kappa shape index (κ2) is 10.8. The number of ether oxygens (including phenoxy) is 2. The van der Waals surface area contributed by atoms with Gasteiger partial charge in [-0.05, 0) is 11.1 Å². The Balaban J connectivity index is 2.27. The van der Waals surface area contributed by atoms with Crippen LogP contribution in [0.5, 0.6) is 0 Å². The third kappa shape index (κ3) is 5.92. The Morgan fingerprint density at radius 3 is 1.96 bits per heavy atom. The maximum Gasteiger partial charge on any atom is 0.365 e. The highest BCUT2D eigenvalue weighted by molar-refractivity contribution is 6.67. The van der Waals surface area contributed by atoms with Gasteiger partial charge in [0, 0.05) is 0 Å². The van der Waals surface area contributed by atoms with Crippen LogP contribution in [0, 0.1) is 0 Å². The summed E-state index contributed by atoms with van der Waals surface area (Å²) in [7, 11) is 1.17. The van der Waals surface area contributed by atoms with Crippen molar-refractivity contribution < 1.29 is 28.7 Å². The molecule has 0 spiro atoms. The van der Waals surface area contributed by atoms with Gasteiger partial charge in [0.2, 0.25) is 18.1 Å². The van der Waals surface area contributed by atoms with Crippen molar-refractivity contribution in [2.75, 3.05) is 19.6 Å². The minimum absolute atomic E-state index is 0.503. The van der Waals surface area contributed by atoms with Gasteiger partial charge in [-0.1, -0.05) is 65.8 Å². The van der Waals surface area contributed by atoms with Crippen molar-refractivity contribution in [1.29, 1.82) is 0 Å². The van der Waals surface area contributed by atoms with Crippen LogP contribution in [0.15, 0.2) is 65.8 Å². The fourth-order valence-corrected chi connectivity index (χ4v) is 2.35. The van der Waals surface area contributed by atoms with Crippen molar-refractivity contribution in [3.8, 4) is 0 Å². The molecule has 0 aliphatic heterocycles. The standard InChI is InChI=1S/C20H18ClNO6/c1-26-17(24)13-27-22-18(16(23)12-21)20(25)28-19(14-8-4-2-5-9-14)15-10-6-3-7-11-15/h2-11,19H,12-13H2,1H3/b22-18-. The number of oxime groups is 1. The van der Waals surface area contributed by atoms with E-state index in [1.54, 1.807) is 48.5 Å². The van der Waals surface area contributed by atoms with Crippen LogP contribution >= 0.6 is 11.6 Å². The summed E-state index contributed by atoms with van der Waals surface area (Å²) in [6.45, 7) is -0.566. The van der Waals surface area contributed by atoms with Crippen molar-refractivity contribution in [2.24, 2.45) is 5.16 Å². The molecule has 0 aliphatic carbocycles. The Morgan fingerprint density at radius 1 is 0.964 bits per heavy atom. The Hall–Kier alpha value is -3.19. The summed E-state index contributed by atoms with van der Waals surface area (Å²) in [5.41, 5.74) is 0.765. The van der Waals surface area contributed by atoms with Crippen molar-refractivity contribution >= 4 is 35.0 Å². The van der Waals surface area contributed by atoms with Gasteiger partial charge in [0.15, 0.2) is 6.10 Å². The second-order valence-corrected chi connectivity index (χ2v) is 5.72. The molecule has 0 radical (unpaired) electrons. The number of benzene rings is 2. The van der Waals surface area contributed by atoms with Crippen molar-refractivity contribution in [3.05, 3.63) is 71.8 Å². The molecule has 0 aromatic heterocycles. The number of alkyl halides is 1. The zero-order chi connectivity index (χ0) is 20.4. The van der Waals surface area contributed by atoms with E-state index in [1.165, 1.54) is 7.11 Å². The maximum absolute atomic E-state index is 12.6. The molecule has 0 heterocycles. The molecule has 2 aromatic carbocycles. The van der Waals surface area contributed by atoms with Crippen molar-refractivity contribution in [2.45, 2.75) is 6.10 Å². The Bertz CT molecular complexity index is 799. The number of Topliss-reactive ketones (excluding diaryl/α,β-unsaturated/α-hetero) is 1. The first kappa shape index (κ1) is 21.1. The lowest BCUT2D eigenvalue weighted by Crippen LogP contribution is -2.29. The molecule has 8 heteroatoms. The molecule has 0 aliphatic rings. The van der Waals surface area contributed by atoms with E-state index in [-0.39, 0.29) is 0 Å². The summed E-state index contributed by atoms with van der Waals surface area (Å²) in [6, 6.07) is 18.0. The van der Waals surface area contributed by atoms with Gasteiger partial charge in [-0.3, -0.25) is 4.79 Å². The number of esters is 2. The average Bonchev–Trinajstić information content (AvgIpc) is 2.75. The third-order valence-corrected chi connectivity index (χ3v) is 3.82. The molecule has 0 atom stereocenters. The summed E-state index contributed by atoms with van der Waals surface area (Å²) < 4.78 is 9.95. The predicted octanol–water partition coefficient (Wildman–Crippen LogP) is 2.67. The first-order valence-corrected chi connectivity index (χ1v) is 8.77. The highest BCUT2D eigenvalue weighted by atomic mass is 35.5. The quantitative estimate of drug-likeness (QED) is 0.210.